The third kappa shape index (κ3) is 3.61. The zero-order valence-corrected chi connectivity index (χ0v) is 18.6. The molecule has 0 fully saturated rings. The summed E-state index contributed by atoms with van der Waals surface area (Å²) < 4.78 is 5.56. The van der Waals surface area contributed by atoms with Crippen LogP contribution >= 0.6 is 11.3 Å². The van der Waals surface area contributed by atoms with Gasteiger partial charge in [0.25, 0.3) is 5.56 Å². The highest BCUT2D eigenvalue weighted by atomic mass is 32.1. The molecule has 4 nitrogen and oxygen atoms in total. The maximum absolute atomic E-state index is 13.4. The second-order valence-corrected chi connectivity index (χ2v) is 8.60. The van der Waals surface area contributed by atoms with Crippen molar-refractivity contribution in [2.45, 2.75) is 12.8 Å². The number of nitrogens with one attached hydrogen (secondary N) is 1. The van der Waals surface area contributed by atoms with E-state index in [-0.39, 0.29) is 11.5 Å². The number of aromatic nitrogens is 2. The van der Waals surface area contributed by atoms with Crippen LogP contribution < -0.4 is 10.3 Å². The molecule has 0 spiro atoms. The average Bonchev–Trinajstić information content (AvgIpc) is 3.25. The number of thiophene rings is 1. The molecule has 0 aliphatic carbocycles. The van der Waals surface area contributed by atoms with Gasteiger partial charge in [0.2, 0.25) is 0 Å². The molecule has 0 aliphatic heterocycles. The predicted octanol–water partition coefficient (Wildman–Crippen LogP) is 6.15. The number of benzene rings is 3. The quantitative estimate of drug-likeness (QED) is 0.358. The second kappa shape index (κ2) is 8.44. The van der Waals surface area contributed by atoms with Gasteiger partial charge in [-0.05, 0) is 30.2 Å². The molecule has 0 unspecified atom stereocenters. The lowest BCUT2D eigenvalue weighted by Crippen LogP contribution is -2.16. The van der Waals surface area contributed by atoms with Crippen molar-refractivity contribution >= 4 is 21.6 Å². The normalized spacial score (nSPS) is 11.2. The number of H-pyrrole nitrogens is 1. The topological polar surface area (TPSA) is 55.0 Å². The summed E-state index contributed by atoms with van der Waals surface area (Å²) in [6, 6.07) is 26.3. The van der Waals surface area contributed by atoms with Crippen LogP contribution in [0.15, 0.2) is 89.0 Å². The zero-order valence-electron chi connectivity index (χ0n) is 17.8. The molecule has 158 valence electrons. The first-order chi connectivity index (χ1) is 15.7. The van der Waals surface area contributed by atoms with Gasteiger partial charge in [-0.15, -0.1) is 11.3 Å². The molecular formula is C27H22N2O2S. The molecule has 2 heterocycles. The van der Waals surface area contributed by atoms with Gasteiger partial charge < -0.3 is 9.72 Å². The number of aromatic amines is 1. The van der Waals surface area contributed by atoms with E-state index in [1.54, 1.807) is 7.11 Å². The minimum Gasteiger partial charge on any atom is -0.496 e. The molecule has 1 N–H and O–H groups in total. The number of methoxy groups -OCH3 is 1. The molecule has 5 rings (SSSR count). The van der Waals surface area contributed by atoms with Gasteiger partial charge in [0.05, 0.1) is 18.4 Å². The Morgan fingerprint density at radius 3 is 2.19 bits per heavy atom. The van der Waals surface area contributed by atoms with Gasteiger partial charge in [-0.3, -0.25) is 4.79 Å². The van der Waals surface area contributed by atoms with Crippen LogP contribution in [-0.4, -0.2) is 17.1 Å². The van der Waals surface area contributed by atoms with Crippen molar-refractivity contribution in [2.75, 3.05) is 7.11 Å². The molecule has 3 aromatic carbocycles. The predicted molar refractivity (Wildman–Crippen MR) is 131 cm³/mol. The number of fused-ring (bicyclic) bond motifs is 1. The third-order valence-corrected chi connectivity index (χ3v) is 6.52. The van der Waals surface area contributed by atoms with Gasteiger partial charge in [-0.25, -0.2) is 4.98 Å². The van der Waals surface area contributed by atoms with E-state index in [0.717, 1.165) is 38.4 Å². The molecule has 2 aromatic heterocycles. The Hall–Kier alpha value is -3.70. The van der Waals surface area contributed by atoms with Crippen molar-refractivity contribution < 1.29 is 4.74 Å². The van der Waals surface area contributed by atoms with E-state index in [0.29, 0.717) is 11.2 Å². The summed E-state index contributed by atoms with van der Waals surface area (Å²) in [5, 5.41) is 2.59. The Morgan fingerprint density at radius 2 is 1.56 bits per heavy atom. The number of hydrogen-bond acceptors (Lipinski definition) is 4. The van der Waals surface area contributed by atoms with E-state index >= 15 is 0 Å². The molecule has 0 saturated carbocycles. The maximum atomic E-state index is 13.4. The molecule has 5 aromatic rings. The van der Waals surface area contributed by atoms with Crippen LogP contribution in [0.2, 0.25) is 0 Å². The summed E-state index contributed by atoms with van der Waals surface area (Å²) >= 11 is 1.48. The van der Waals surface area contributed by atoms with Crippen LogP contribution in [0.1, 0.15) is 28.4 Å². The van der Waals surface area contributed by atoms with Crippen LogP contribution in [0.4, 0.5) is 0 Å². The fourth-order valence-electron chi connectivity index (χ4n) is 4.13. The summed E-state index contributed by atoms with van der Waals surface area (Å²) in [7, 11) is 1.65. The summed E-state index contributed by atoms with van der Waals surface area (Å²) in [5.41, 5.74) is 4.89. The zero-order chi connectivity index (χ0) is 22.1. The van der Waals surface area contributed by atoms with Crippen LogP contribution in [0.25, 0.3) is 21.3 Å². The van der Waals surface area contributed by atoms with Gasteiger partial charge in [0.1, 0.15) is 16.4 Å². The van der Waals surface area contributed by atoms with E-state index in [9.17, 15) is 4.79 Å². The van der Waals surface area contributed by atoms with E-state index in [1.807, 2.05) is 66.9 Å². The Labute approximate surface area is 190 Å². The largest absolute Gasteiger partial charge is 0.496 e. The van der Waals surface area contributed by atoms with Gasteiger partial charge in [0, 0.05) is 16.5 Å². The smallest absolute Gasteiger partial charge is 0.260 e. The minimum absolute atomic E-state index is 0.137. The Morgan fingerprint density at radius 1 is 0.906 bits per heavy atom. The number of ether oxygens (including phenoxy) is 1. The average molecular weight is 439 g/mol. The number of nitrogens with zero attached hydrogens (tertiary/aromatic N) is 1. The molecule has 0 saturated heterocycles. The van der Waals surface area contributed by atoms with Gasteiger partial charge in [0.15, 0.2) is 0 Å². The standard InChI is InChI=1S/C27H22N2O2S/c1-17-13-14-22(31-2)20(15-17)21-16-32-27-24(21)26(30)28-25(29-27)23(18-9-5-3-6-10-18)19-11-7-4-8-12-19/h3-16,23H,1-2H3,(H,28,29,30). The molecule has 32 heavy (non-hydrogen) atoms. The maximum Gasteiger partial charge on any atom is 0.260 e. The molecular weight excluding hydrogens is 416 g/mol. The second-order valence-electron chi connectivity index (χ2n) is 7.74. The fraction of sp³-hybridized carbons (Fsp3) is 0.111. The van der Waals surface area contributed by atoms with E-state index < -0.39 is 0 Å². The van der Waals surface area contributed by atoms with Crippen LogP contribution in [0, 0.1) is 6.92 Å². The lowest BCUT2D eigenvalue weighted by Gasteiger charge is -2.17. The van der Waals surface area contributed by atoms with Crippen LogP contribution in [-0.2, 0) is 0 Å². The molecule has 0 radical (unpaired) electrons. The van der Waals surface area contributed by atoms with Crippen molar-refractivity contribution in [3.8, 4) is 16.9 Å². The lowest BCUT2D eigenvalue weighted by molar-refractivity contribution is 0.416. The number of hydrogen-bond donors (Lipinski definition) is 1. The van der Waals surface area contributed by atoms with Gasteiger partial charge >= 0.3 is 0 Å². The third-order valence-electron chi connectivity index (χ3n) is 5.65. The Balaban J connectivity index is 1.70. The Kier molecular flexibility index (Phi) is 5.33. The molecule has 0 amide bonds. The summed E-state index contributed by atoms with van der Waals surface area (Å²) in [5.74, 6) is 1.23. The van der Waals surface area contributed by atoms with Crippen molar-refractivity contribution in [1.82, 2.24) is 9.97 Å². The van der Waals surface area contributed by atoms with E-state index in [2.05, 4.69) is 29.2 Å². The molecule has 0 atom stereocenters. The Bertz CT molecular complexity index is 1400. The van der Waals surface area contributed by atoms with Gasteiger partial charge in [-0.2, -0.15) is 0 Å². The van der Waals surface area contributed by atoms with Crippen molar-refractivity contribution in [1.29, 1.82) is 0 Å². The highest BCUT2D eigenvalue weighted by Gasteiger charge is 2.22. The first kappa shape index (κ1) is 20.2. The highest BCUT2D eigenvalue weighted by Crippen LogP contribution is 2.38. The summed E-state index contributed by atoms with van der Waals surface area (Å²) in [4.78, 5) is 22.1. The lowest BCUT2D eigenvalue weighted by atomic mass is 9.90. The number of aryl methyl sites for hydroxylation is 1. The fourth-order valence-corrected chi connectivity index (χ4v) is 5.08. The summed E-state index contributed by atoms with van der Waals surface area (Å²) in [6.07, 6.45) is 0. The summed E-state index contributed by atoms with van der Waals surface area (Å²) in [6.45, 7) is 2.03. The van der Waals surface area contributed by atoms with E-state index in [4.69, 9.17) is 9.72 Å². The SMILES string of the molecule is COc1ccc(C)cc1-c1csc2nc(C(c3ccccc3)c3ccccc3)[nH]c(=O)c12. The monoisotopic (exact) mass is 438 g/mol. The minimum atomic E-state index is -0.159. The molecule has 0 bridgehead atoms. The van der Waals surface area contributed by atoms with Crippen molar-refractivity contribution in [3.05, 3.63) is 117 Å². The molecule has 0 aliphatic rings. The van der Waals surface area contributed by atoms with Crippen LogP contribution in [0.3, 0.4) is 0 Å². The first-order valence-electron chi connectivity index (χ1n) is 10.4. The van der Waals surface area contributed by atoms with Gasteiger partial charge in [-0.1, -0.05) is 72.3 Å². The van der Waals surface area contributed by atoms with Crippen molar-refractivity contribution in [3.63, 3.8) is 0 Å². The number of rotatable bonds is 5. The van der Waals surface area contributed by atoms with Crippen LogP contribution in [0.5, 0.6) is 5.75 Å². The first-order valence-corrected chi connectivity index (χ1v) is 11.3. The highest BCUT2D eigenvalue weighted by molar-refractivity contribution is 7.17. The van der Waals surface area contributed by atoms with Crippen molar-refractivity contribution in [2.24, 2.45) is 0 Å². The van der Waals surface area contributed by atoms with E-state index in [1.165, 1.54) is 11.3 Å². The molecule has 5 heteroatoms.